The van der Waals surface area contributed by atoms with Crippen LogP contribution in [-0.2, 0) is 9.53 Å². The minimum Gasteiger partial charge on any atom is -0.480 e. The van der Waals surface area contributed by atoms with E-state index in [0.29, 0.717) is 30.0 Å². The van der Waals surface area contributed by atoms with Crippen molar-refractivity contribution in [2.24, 2.45) is 0 Å². The monoisotopic (exact) mass is 261 g/mol. The van der Waals surface area contributed by atoms with Gasteiger partial charge in [-0.2, -0.15) is 5.26 Å². The van der Waals surface area contributed by atoms with Gasteiger partial charge in [0.1, 0.15) is 11.9 Å². The number of aromatic nitrogens is 1. The largest absolute Gasteiger partial charge is 0.480 e. The SMILES string of the molecule is COC1CC(C(=O)O)N(c2cc(C#N)cc(C)n2)C1. The Morgan fingerprint density at radius 2 is 2.37 bits per heavy atom. The Labute approximate surface area is 111 Å². The Morgan fingerprint density at radius 1 is 1.63 bits per heavy atom. The van der Waals surface area contributed by atoms with Gasteiger partial charge in [-0.05, 0) is 19.1 Å². The molecule has 1 saturated heterocycles. The van der Waals surface area contributed by atoms with E-state index in [9.17, 15) is 9.90 Å². The highest BCUT2D eigenvalue weighted by molar-refractivity contribution is 5.78. The number of carboxylic acids is 1. The normalized spacial score (nSPS) is 22.3. The zero-order valence-corrected chi connectivity index (χ0v) is 10.8. The summed E-state index contributed by atoms with van der Waals surface area (Å²) in [7, 11) is 1.57. The maximum atomic E-state index is 11.3. The number of nitrogens with zero attached hydrogens (tertiary/aromatic N) is 3. The molecule has 1 aromatic heterocycles. The van der Waals surface area contributed by atoms with Crippen LogP contribution in [0.3, 0.4) is 0 Å². The van der Waals surface area contributed by atoms with E-state index in [-0.39, 0.29) is 6.10 Å². The maximum absolute atomic E-state index is 11.3. The molecule has 2 atom stereocenters. The summed E-state index contributed by atoms with van der Waals surface area (Å²) in [6.07, 6.45) is 0.289. The fourth-order valence-electron chi connectivity index (χ4n) is 2.32. The standard InChI is InChI=1S/C13H15N3O3/c1-8-3-9(6-14)4-12(15-8)16-7-10(19-2)5-11(16)13(17)18/h3-4,10-11H,5,7H2,1-2H3,(H,17,18). The summed E-state index contributed by atoms with van der Waals surface area (Å²) in [5, 5.41) is 18.2. The molecule has 2 rings (SSSR count). The number of methoxy groups -OCH3 is 1. The van der Waals surface area contributed by atoms with Crippen molar-refractivity contribution in [2.75, 3.05) is 18.6 Å². The molecule has 1 aromatic rings. The van der Waals surface area contributed by atoms with Gasteiger partial charge in [0.15, 0.2) is 0 Å². The van der Waals surface area contributed by atoms with Gasteiger partial charge >= 0.3 is 5.97 Å². The van der Waals surface area contributed by atoms with Crippen LogP contribution in [0.25, 0.3) is 0 Å². The lowest BCUT2D eigenvalue weighted by Crippen LogP contribution is -2.36. The molecule has 1 fully saturated rings. The third-order valence-electron chi connectivity index (χ3n) is 3.24. The van der Waals surface area contributed by atoms with Crippen molar-refractivity contribution in [1.82, 2.24) is 4.98 Å². The van der Waals surface area contributed by atoms with Crippen LogP contribution in [0.15, 0.2) is 12.1 Å². The van der Waals surface area contributed by atoms with Crippen LogP contribution in [0.1, 0.15) is 17.7 Å². The van der Waals surface area contributed by atoms with Crippen molar-refractivity contribution in [2.45, 2.75) is 25.5 Å². The van der Waals surface area contributed by atoms with E-state index in [0.717, 1.165) is 0 Å². The molecule has 100 valence electrons. The highest BCUT2D eigenvalue weighted by Crippen LogP contribution is 2.26. The van der Waals surface area contributed by atoms with Crippen LogP contribution in [-0.4, -0.2) is 41.9 Å². The number of rotatable bonds is 3. The van der Waals surface area contributed by atoms with Gasteiger partial charge in [-0.25, -0.2) is 9.78 Å². The molecular weight excluding hydrogens is 246 g/mol. The molecule has 1 aliphatic heterocycles. The maximum Gasteiger partial charge on any atom is 0.326 e. The van der Waals surface area contributed by atoms with Crippen molar-refractivity contribution in [1.29, 1.82) is 5.26 Å². The topological polar surface area (TPSA) is 86.5 Å². The predicted molar refractivity (Wildman–Crippen MR) is 67.9 cm³/mol. The minimum atomic E-state index is -0.902. The zero-order valence-electron chi connectivity index (χ0n) is 10.8. The number of carbonyl (C=O) groups is 1. The zero-order chi connectivity index (χ0) is 14.0. The first-order valence-corrected chi connectivity index (χ1v) is 5.96. The summed E-state index contributed by atoms with van der Waals surface area (Å²) in [5.74, 6) is -0.384. The molecule has 1 N–H and O–H groups in total. The van der Waals surface area contributed by atoms with Crippen molar-refractivity contribution in [3.05, 3.63) is 23.4 Å². The van der Waals surface area contributed by atoms with E-state index in [1.165, 1.54) is 0 Å². The van der Waals surface area contributed by atoms with Gasteiger partial charge < -0.3 is 14.7 Å². The number of carboxylic acid groups (broad SMARTS) is 1. The molecule has 0 spiro atoms. The first-order valence-electron chi connectivity index (χ1n) is 5.96. The van der Waals surface area contributed by atoms with Crippen molar-refractivity contribution in [3.8, 4) is 6.07 Å². The summed E-state index contributed by atoms with van der Waals surface area (Å²) in [4.78, 5) is 17.3. The number of hydrogen-bond donors (Lipinski definition) is 1. The Morgan fingerprint density at radius 3 is 2.95 bits per heavy atom. The minimum absolute atomic E-state index is 0.131. The molecule has 19 heavy (non-hydrogen) atoms. The lowest BCUT2D eigenvalue weighted by atomic mass is 10.2. The van der Waals surface area contributed by atoms with Gasteiger partial charge in [-0.15, -0.1) is 0 Å². The molecule has 2 unspecified atom stereocenters. The average Bonchev–Trinajstić information content (AvgIpc) is 2.82. The number of ether oxygens (including phenoxy) is 1. The smallest absolute Gasteiger partial charge is 0.326 e. The molecule has 0 radical (unpaired) electrons. The molecule has 6 nitrogen and oxygen atoms in total. The first kappa shape index (κ1) is 13.3. The van der Waals surface area contributed by atoms with Gasteiger partial charge in [0.25, 0.3) is 0 Å². The van der Waals surface area contributed by atoms with E-state index in [1.54, 1.807) is 31.1 Å². The van der Waals surface area contributed by atoms with Crippen LogP contribution >= 0.6 is 0 Å². The van der Waals surface area contributed by atoms with Crippen LogP contribution < -0.4 is 4.90 Å². The third-order valence-corrected chi connectivity index (χ3v) is 3.24. The summed E-state index contributed by atoms with van der Waals surface area (Å²) in [5.41, 5.74) is 1.17. The Hall–Kier alpha value is -2.13. The van der Waals surface area contributed by atoms with E-state index in [4.69, 9.17) is 10.00 Å². The number of nitriles is 1. The number of pyridine rings is 1. The second-order valence-corrected chi connectivity index (χ2v) is 4.57. The van der Waals surface area contributed by atoms with Crippen LogP contribution in [0.2, 0.25) is 0 Å². The molecular formula is C13H15N3O3. The fraction of sp³-hybridized carbons (Fsp3) is 0.462. The van der Waals surface area contributed by atoms with E-state index >= 15 is 0 Å². The van der Waals surface area contributed by atoms with Gasteiger partial charge in [0.2, 0.25) is 0 Å². The second kappa shape index (κ2) is 5.24. The molecule has 2 heterocycles. The highest BCUT2D eigenvalue weighted by Gasteiger charge is 2.37. The molecule has 0 bridgehead atoms. The Kier molecular flexibility index (Phi) is 3.67. The van der Waals surface area contributed by atoms with Gasteiger partial charge in [-0.1, -0.05) is 0 Å². The molecule has 0 amide bonds. The van der Waals surface area contributed by atoms with Crippen LogP contribution in [0, 0.1) is 18.3 Å². The van der Waals surface area contributed by atoms with Crippen molar-refractivity contribution < 1.29 is 14.6 Å². The van der Waals surface area contributed by atoms with Gasteiger partial charge in [0, 0.05) is 25.8 Å². The van der Waals surface area contributed by atoms with Crippen LogP contribution in [0.5, 0.6) is 0 Å². The lowest BCUT2D eigenvalue weighted by Gasteiger charge is -2.22. The summed E-state index contributed by atoms with van der Waals surface area (Å²) >= 11 is 0. The lowest BCUT2D eigenvalue weighted by molar-refractivity contribution is -0.138. The number of aryl methyl sites for hydroxylation is 1. The average molecular weight is 261 g/mol. The molecule has 0 aliphatic carbocycles. The number of anilines is 1. The van der Waals surface area contributed by atoms with Gasteiger partial charge in [-0.3, -0.25) is 0 Å². The fourth-order valence-corrected chi connectivity index (χ4v) is 2.32. The Balaban J connectivity index is 2.36. The Bertz CT molecular complexity index is 538. The molecule has 6 heteroatoms. The number of hydrogen-bond acceptors (Lipinski definition) is 5. The molecule has 1 aliphatic rings. The third kappa shape index (κ3) is 2.66. The molecule has 0 saturated carbocycles. The summed E-state index contributed by atoms with van der Waals surface area (Å²) in [6, 6.07) is 4.68. The van der Waals surface area contributed by atoms with E-state index in [2.05, 4.69) is 11.1 Å². The summed E-state index contributed by atoms with van der Waals surface area (Å²) in [6.45, 7) is 2.25. The van der Waals surface area contributed by atoms with E-state index < -0.39 is 12.0 Å². The molecule has 0 aromatic carbocycles. The van der Waals surface area contributed by atoms with E-state index in [1.807, 2.05) is 0 Å². The van der Waals surface area contributed by atoms with Crippen molar-refractivity contribution >= 4 is 11.8 Å². The predicted octanol–water partition coefficient (Wildman–Crippen LogP) is 0.940. The van der Waals surface area contributed by atoms with Crippen LogP contribution in [0.4, 0.5) is 5.82 Å². The van der Waals surface area contributed by atoms with Gasteiger partial charge in [0.05, 0.1) is 17.7 Å². The van der Waals surface area contributed by atoms with Crippen molar-refractivity contribution in [3.63, 3.8) is 0 Å². The number of aliphatic carboxylic acids is 1. The first-order chi connectivity index (χ1) is 9.05. The second-order valence-electron chi connectivity index (χ2n) is 4.57. The quantitative estimate of drug-likeness (QED) is 0.871. The summed E-state index contributed by atoms with van der Waals surface area (Å²) < 4.78 is 5.23. The highest BCUT2D eigenvalue weighted by atomic mass is 16.5.